The van der Waals surface area contributed by atoms with Crippen LogP contribution in [0.1, 0.15) is 24.2 Å². The lowest BCUT2D eigenvalue weighted by Gasteiger charge is -2.31. The number of H-pyrrole nitrogens is 2. The van der Waals surface area contributed by atoms with Crippen molar-refractivity contribution in [1.82, 2.24) is 43.6 Å². The minimum Gasteiger partial charge on any atom is -0.756 e. The van der Waals surface area contributed by atoms with Crippen LogP contribution in [0.15, 0.2) is 76.0 Å². The number of benzene rings is 1. The van der Waals surface area contributed by atoms with Gasteiger partial charge in [-0.2, -0.15) is 18.2 Å². The highest BCUT2D eigenvalue weighted by molar-refractivity contribution is 7.66. The van der Waals surface area contributed by atoms with E-state index in [0.29, 0.717) is 10.1 Å². The van der Waals surface area contributed by atoms with Crippen molar-refractivity contribution in [2.24, 2.45) is 13.0 Å². The van der Waals surface area contributed by atoms with Gasteiger partial charge in [-0.05, 0) is 5.56 Å². The van der Waals surface area contributed by atoms with Crippen LogP contribution in [0.3, 0.4) is 0 Å². The van der Waals surface area contributed by atoms with Gasteiger partial charge >= 0.3 is 40.9 Å². The predicted octanol–water partition coefficient (Wildman–Crippen LogP) is -2.90. The van der Waals surface area contributed by atoms with Crippen molar-refractivity contribution in [2.45, 2.75) is 74.1 Å². The number of carbonyl (C=O) groups excluding carboxylic acids is 1. The molecule has 0 spiro atoms. The third kappa shape index (κ3) is 13.9. The number of rotatable bonds is 23. The van der Waals surface area contributed by atoms with Crippen molar-refractivity contribution in [2.75, 3.05) is 45.0 Å². The number of hydrogen-bond donors (Lipinski definition) is 10. The second-order valence-electron chi connectivity index (χ2n) is 18.2. The van der Waals surface area contributed by atoms with E-state index < -0.39 is 154 Å². The van der Waals surface area contributed by atoms with Gasteiger partial charge in [0.05, 0.1) is 45.2 Å². The number of nitrogen functional groups attached to an aromatic ring is 2. The minimum absolute atomic E-state index is 0.0169. The molecular weight excluding hydrogens is 1200 g/mol. The molecule has 3 saturated heterocycles. The second kappa shape index (κ2) is 24.5. The number of imidazole rings is 2. The number of ether oxygens (including phenoxy) is 6. The van der Waals surface area contributed by atoms with E-state index in [1.54, 1.807) is 30.3 Å². The molecule has 452 valence electrons. The zero-order valence-electron chi connectivity index (χ0n) is 42.5. The van der Waals surface area contributed by atoms with Gasteiger partial charge in [0.15, 0.2) is 23.9 Å². The molecule has 4 unspecified atom stereocenters. The number of nitrogens with one attached hydrogen (secondary N) is 2. The summed E-state index contributed by atoms with van der Waals surface area (Å²) >= 11 is 0. The number of aromatic nitrogens is 10. The zero-order chi connectivity index (χ0) is 59.9. The maximum absolute atomic E-state index is 13.5. The highest BCUT2D eigenvalue weighted by atomic mass is 31.3. The molecule has 39 nitrogen and oxygen atoms in total. The van der Waals surface area contributed by atoms with Crippen molar-refractivity contribution in [3.8, 4) is 0 Å². The van der Waals surface area contributed by atoms with Crippen molar-refractivity contribution < 1.29 is 118 Å². The van der Waals surface area contributed by atoms with Crippen molar-refractivity contribution in [3.05, 3.63) is 98.3 Å². The Kier molecular flexibility index (Phi) is 18.1. The van der Waals surface area contributed by atoms with Gasteiger partial charge in [-0.25, -0.2) is 42.8 Å². The molecule has 83 heavy (non-hydrogen) atoms. The molecule has 8 heterocycles. The molecule has 3 fully saturated rings. The molecule has 0 radical (unpaired) electrons. The summed E-state index contributed by atoms with van der Waals surface area (Å²) in [6.07, 6.45) is -15.9. The number of nitrogens with zero attached hydrogens (tertiary/aromatic N) is 8. The summed E-state index contributed by atoms with van der Waals surface area (Å²) in [5, 5.41) is 32.9. The minimum atomic E-state index is -6.29. The maximum atomic E-state index is 13.5. The van der Waals surface area contributed by atoms with E-state index in [1.165, 1.54) is 22.5 Å². The molecule has 5 aromatic heterocycles. The molecule has 43 heteroatoms. The number of phosphoric ester groups is 3. The quantitative estimate of drug-likeness (QED) is 0.0175. The molecular formula is C40H50N12O27P4. The molecule has 16 atom stereocenters. The molecule has 1 aromatic carbocycles. The Labute approximate surface area is 462 Å². The topological polar surface area (TPSA) is 546 Å². The molecule has 9 rings (SSSR count). The molecule has 6 aromatic rings. The summed E-state index contributed by atoms with van der Waals surface area (Å²) in [4.78, 5) is 115. The third-order valence-corrected chi connectivity index (χ3v) is 17.9. The summed E-state index contributed by atoms with van der Waals surface area (Å²) in [7, 11) is -21.5. The van der Waals surface area contributed by atoms with Crippen LogP contribution < -0.4 is 37.7 Å². The number of nitrogens with two attached hydrogens (primary N) is 2. The van der Waals surface area contributed by atoms with E-state index in [2.05, 4.69) is 33.5 Å². The lowest BCUT2D eigenvalue weighted by molar-refractivity contribution is -0.646. The van der Waals surface area contributed by atoms with E-state index in [1.807, 2.05) is 4.98 Å². The van der Waals surface area contributed by atoms with Crippen LogP contribution in [0.25, 0.3) is 22.3 Å². The van der Waals surface area contributed by atoms with Crippen LogP contribution >= 0.6 is 31.3 Å². The zero-order valence-corrected chi connectivity index (χ0v) is 46.1. The van der Waals surface area contributed by atoms with Crippen LogP contribution in [-0.4, -0.2) is 162 Å². The van der Waals surface area contributed by atoms with Gasteiger partial charge in [0.2, 0.25) is 18.5 Å². The number of aliphatic hydroxyl groups excluding tert-OH is 3. The molecule has 0 amide bonds. The standard InChI is InChI=1S/C40H50N12O27P4/c1-49-17-52(33-25(49)34(57)48-38(42)47-33)35-26(54)19(11-70-40(59)69-10-18-6-4-3-5-7-18)20(74-35)12-72-81(62,63)78-83(66,67)79-82(64,65)73-14-22-29(30(68-2)37(76-22)51-16-45-24-31(41)43-15-44-32(24)51)77-80(60,61)71-13-21-27(55)28(56)36(75-21)50-9-8-23(53)46-39(50)58/h3-9,15-17,19-22,26-30,35-37,54-56H,10-14H2,1-2H3,(H9-,41,42,43,44,46,47,48,53,57,58,60,61,62,63,64,65,66,67)/t19-,20-,21-,22-,26-,27-,28-,29-,30-,35-,36-,37-/m1/s1. The van der Waals surface area contributed by atoms with Gasteiger partial charge < -0.3 is 83.8 Å². The van der Waals surface area contributed by atoms with Gasteiger partial charge in [0.25, 0.3) is 24.5 Å². The summed E-state index contributed by atoms with van der Waals surface area (Å²) in [6.45, 7) is -4.51. The highest BCUT2D eigenvalue weighted by Crippen LogP contribution is 2.68. The van der Waals surface area contributed by atoms with Gasteiger partial charge in [0, 0.05) is 19.4 Å². The number of aromatic amines is 2. The van der Waals surface area contributed by atoms with E-state index in [4.69, 9.17) is 58.0 Å². The first-order valence-electron chi connectivity index (χ1n) is 23.8. The van der Waals surface area contributed by atoms with Crippen molar-refractivity contribution in [3.63, 3.8) is 0 Å². The number of hydrogen-bond acceptors (Lipinski definition) is 30. The number of aliphatic hydroxyl groups is 3. The summed E-state index contributed by atoms with van der Waals surface area (Å²) in [5.41, 5.74) is 9.58. The fourth-order valence-electron chi connectivity index (χ4n) is 9.00. The molecule has 3 aliphatic heterocycles. The molecule has 0 saturated carbocycles. The highest BCUT2D eigenvalue weighted by Gasteiger charge is 2.53. The number of anilines is 2. The second-order valence-corrected chi connectivity index (χ2v) is 24.2. The van der Waals surface area contributed by atoms with Gasteiger partial charge in [0.1, 0.15) is 67.8 Å². The Bertz CT molecular complexity index is 3740. The summed E-state index contributed by atoms with van der Waals surface area (Å²) in [5.74, 6) is -1.84. The van der Waals surface area contributed by atoms with E-state index in [9.17, 15) is 72.3 Å². The summed E-state index contributed by atoms with van der Waals surface area (Å²) < 4.78 is 120. The van der Waals surface area contributed by atoms with Crippen LogP contribution in [0.2, 0.25) is 0 Å². The van der Waals surface area contributed by atoms with Crippen LogP contribution in [0, 0.1) is 5.92 Å². The Balaban J connectivity index is 0.872. The normalized spacial score (nSPS) is 28.4. The fraction of sp³-hybridized carbons (Fsp3) is 0.475. The Morgan fingerprint density at radius 1 is 0.747 bits per heavy atom. The summed E-state index contributed by atoms with van der Waals surface area (Å²) in [6, 6.07) is 9.32. The molecule has 0 bridgehead atoms. The van der Waals surface area contributed by atoms with Crippen molar-refractivity contribution in [1.29, 1.82) is 0 Å². The number of methoxy groups -OCH3 is 1. The molecule has 0 aliphatic carbocycles. The number of aryl methyl sites for hydroxylation is 1. The lowest BCUT2D eigenvalue weighted by atomic mass is 9.99. The first kappa shape index (κ1) is 61.5. The average molecular weight is 1250 g/mol. The first-order chi connectivity index (χ1) is 39.1. The Hall–Kier alpha value is -6.09. The largest absolute Gasteiger partial charge is 0.756 e. The predicted molar refractivity (Wildman–Crippen MR) is 266 cm³/mol. The van der Waals surface area contributed by atoms with Crippen LogP contribution in [0.4, 0.5) is 16.6 Å². The molecule has 12 N–H and O–H groups in total. The SMILES string of the molecule is CO[C@@H]1[C@H](OP(=O)([O-])OC[C@H]2O[C@@H](n3ccc(=O)[nH]c3=O)[C@H](O)[C@@H]2O)[C@@H](COP(=O)(O)OP(=O)(O)OP(=O)(O)OC[C@H]2O[C@@H](n3c[n+](C)c4c(=O)[nH]c(N)nc43)[C@H](O)[C@@H]2COC(=O)OCc2ccccc2)O[C@H]1n1cnc2c(N)ncnc21. The maximum Gasteiger partial charge on any atom is 0.508 e. The first-order valence-corrected chi connectivity index (χ1v) is 29.8. The smallest absolute Gasteiger partial charge is 0.508 e. The monoisotopic (exact) mass is 1250 g/mol. The van der Waals surface area contributed by atoms with Gasteiger partial charge in [-0.3, -0.25) is 42.3 Å². The average Bonchev–Trinajstić information content (AvgIpc) is 2.53. The number of phosphoric acid groups is 4. The Morgan fingerprint density at radius 2 is 1.40 bits per heavy atom. The number of carbonyl (C=O) groups is 1. The Morgan fingerprint density at radius 3 is 2.08 bits per heavy atom. The van der Waals surface area contributed by atoms with Crippen LogP contribution in [0.5, 0.6) is 0 Å². The third-order valence-electron chi connectivity index (χ3n) is 12.7. The molecule has 3 aliphatic rings. The number of fused-ring (bicyclic) bond motifs is 2. The van der Waals surface area contributed by atoms with Gasteiger partial charge in [-0.15, -0.1) is 0 Å². The lowest BCUT2D eigenvalue weighted by Crippen LogP contribution is -2.39. The van der Waals surface area contributed by atoms with E-state index in [-0.39, 0.29) is 40.7 Å². The van der Waals surface area contributed by atoms with E-state index in [0.717, 1.165) is 36.6 Å². The van der Waals surface area contributed by atoms with E-state index >= 15 is 0 Å². The fourth-order valence-corrected chi connectivity index (χ4v) is 13.5. The van der Waals surface area contributed by atoms with Crippen molar-refractivity contribution >= 4 is 71.5 Å². The van der Waals surface area contributed by atoms with Crippen LogP contribution in [-0.2, 0) is 87.1 Å². The van der Waals surface area contributed by atoms with Gasteiger partial charge in [-0.1, -0.05) is 30.3 Å².